The molecule has 2 amide bonds. The van der Waals surface area contributed by atoms with Crippen LogP contribution in [-0.2, 0) is 6.54 Å². The summed E-state index contributed by atoms with van der Waals surface area (Å²) in [5.74, 6) is 0. The number of benzene rings is 2. The van der Waals surface area contributed by atoms with E-state index >= 15 is 0 Å². The Balaban J connectivity index is 2.08. The van der Waals surface area contributed by atoms with E-state index in [9.17, 15) is 19.9 Å². The molecule has 1 aliphatic heterocycles. The molecule has 0 radical (unpaired) electrons. The monoisotopic (exact) mass is 325 g/mol. The molecule has 0 saturated carbocycles. The van der Waals surface area contributed by atoms with E-state index in [1.54, 1.807) is 19.9 Å². The van der Waals surface area contributed by atoms with E-state index in [2.05, 4.69) is 5.32 Å². The fraction of sp³-hybridized carbons (Fsp3) is 0.188. The van der Waals surface area contributed by atoms with Crippen LogP contribution in [0.5, 0.6) is 0 Å². The van der Waals surface area contributed by atoms with Gasteiger partial charge in [0.25, 0.3) is 5.69 Å². The van der Waals surface area contributed by atoms with Crippen molar-refractivity contribution < 1.29 is 14.7 Å². The zero-order valence-electron chi connectivity index (χ0n) is 13.3. The van der Waals surface area contributed by atoms with Crippen molar-refractivity contribution in [3.05, 3.63) is 63.2 Å². The second-order valence-electron chi connectivity index (χ2n) is 5.80. The van der Waals surface area contributed by atoms with Gasteiger partial charge in [-0.2, -0.15) is 0 Å². The number of amides is 2. The van der Waals surface area contributed by atoms with Crippen molar-refractivity contribution in [2.45, 2.75) is 20.4 Å². The van der Waals surface area contributed by atoms with Crippen molar-refractivity contribution in [3.63, 3.8) is 0 Å². The second-order valence-corrected chi connectivity index (χ2v) is 5.80. The molecule has 2 aromatic carbocycles. The lowest BCUT2D eigenvalue weighted by atomic mass is 9.67. The van der Waals surface area contributed by atoms with Gasteiger partial charge in [-0.1, -0.05) is 30.3 Å². The van der Waals surface area contributed by atoms with Crippen LogP contribution in [-0.4, -0.2) is 27.8 Å². The lowest BCUT2D eigenvalue weighted by Gasteiger charge is -2.32. The molecule has 2 aromatic rings. The van der Waals surface area contributed by atoms with E-state index in [4.69, 9.17) is 0 Å². The van der Waals surface area contributed by atoms with E-state index < -0.39 is 18.0 Å². The zero-order valence-corrected chi connectivity index (χ0v) is 13.3. The van der Waals surface area contributed by atoms with Gasteiger partial charge >= 0.3 is 13.1 Å². The van der Waals surface area contributed by atoms with E-state index in [0.717, 1.165) is 5.56 Å². The lowest BCUT2D eigenvalue weighted by molar-refractivity contribution is -0.384. The smallest absolute Gasteiger partial charge is 0.428 e. The number of urea groups is 1. The molecular weight excluding hydrogens is 309 g/mol. The number of nitro benzene ring substituents is 1. The maximum Gasteiger partial charge on any atom is 0.462 e. The highest BCUT2D eigenvalue weighted by atomic mass is 16.6. The van der Waals surface area contributed by atoms with Gasteiger partial charge in [0.1, 0.15) is 0 Å². The van der Waals surface area contributed by atoms with E-state index in [-0.39, 0.29) is 23.4 Å². The third-order valence-corrected chi connectivity index (χ3v) is 4.29. The first-order valence-corrected chi connectivity index (χ1v) is 7.48. The Morgan fingerprint density at radius 2 is 1.96 bits per heavy atom. The van der Waals surface area contributed by atoms with Crippen molar-refractivity contribution in [1.82, 2.24) is 4.81 Å². The molecule has 0 aliphatic carbocycles. The molecule has 0 unspecified atom stereocenters. The molecule has 0 aromatic heterocycles. The van der Waals surface area contributed by atoms with Crippen LogP contribution in [0.2, 0.25) is 0 Å². The number of hydrogen-bond acceptors (Lipinski definition) is 4. The molecule has 24 heavy (non-hydrogen) atoms. The molecule has 7 nitrogen and oxygen atoms in total. The van der Waals surface area contributed by atoms with Crippen molar-refractivity contribution >= 4 is 29.9 Å². The van der Waals surface area contributed by atoms with Gasteiger partial charge in [-0.25, -0.2) is 4.79 Å². The van der Waals surface area contributed by atoms with Crippen LogP contribution in [0.1, 0.15) is 16.7 Å². The topological polar surface area (TPSA) is 95.7 Å². The average Bonchev–Trinajstić information content (AvgIpc) is 2.54. The van der Waals surface area contributed by atoms with Gasteiger partial charge in [-0.05, 0) is 31.0 Å². The highest BCUT2D eigenvalue weighted by Crippen LogP contribution is 2.28. The highest BCUT2D eigenvalue weighted by molar-refractivity contribution is 6.70. The summed E-state index contributed by atoms with van der Waals surface area (Å²) >= 11 is 0. The predicted octanol–water partition coefficient (Wildman–Crippen LogP) is 1.95. The molecule has 2 N–H and O–H groups in total. The molecule has 0 bridgehead atoms. The third kappa shape index (κ3) is 2.61. The quantitative estimate of drug-likeness (QED) is 0.512. The number of rotatable bonds is 3. The number of nitrogens with one attached hydrogen (secondary N) is 1. The van der Waals surface area contributed by atoms with Crippen LogP contribution in [0.15, 0.2) is 36.4 Å². The highest BCUT2D eigenvalue weighted by Gasteiger charge is 2.42. The number of fused-ring (bicyclic) bond motifs is 1. The SMILES string of the molecule is Cc1cc2c(c([N+](=O)[O-])c1C)B(O)N(Cc1ccccc1)C(=O)N2. The molecule has 0 saturated heterocycles. The lowest BCUT2D eigenvalue weighted by Crippen LogP contribution is -2.58. The molecule has 8 heteroatoms. The minimum Gasteiger partial charge on any atom is -0.428 e. The fourth-order valence-electron chi connectivity index (χ4n) is 2.91. The summed E-state index contributed by atoms with van der Waals surface area (Å²) in [5.41, 5.74) is 2.24. The van der Waals surface area contributed by atoms with Crippen LogP contribution in [0.25, 0.3) is 0 Å². The summed E-state index contributed by atoms with van der Waals surface area (Å²) in [6, 6.07) is 10.3. The Kier molecular flexibility index (Phi) is 3.98. The molecule has 0 atom stereocenters. The zero-order chi connectivity index (χ0) is 17.4. The van der Waals surface area contributed by atoms with Crippen LogP contribution < -0.4 is 10.8 Å². The summed E-state index contributed by atoms with van der Waals surface area (Å²) < 4.78 is 0. The van der Waals surface area contributed by atoms with Crippen LogP contribution in [0.4, 0.5) is 16.2 Å². The summed E-state index contributed by atoms with van der Waals surface area (Å²) in [5, 5.41) is 24.8. The summed E-state index contributed by atoms with van der Waals surface area (Å²) in [7, 11) is -1.38. The molecular formula is C16H16BN3O4. The standard InChI is InChI=1S/C16H16BN3O4/c1-10-8-13-14(15(11(10)2)20(23)24)17(22)19(16(21)18-13)9-12-6-4-3-5-7-12/h3-8,22H,9H2,1-2H3,(H,18,21). The van der Waals surface area contributed by atoms with E-state index in [1.165, 1.54) is 4.81 Å². The van der Waals surface area contributed by atoms with Gasteiger partial charge in [0.15, 0.2) is 0 Å². The third-order valence-electron chi connectivity index (χ3n) is 4.29. The Bertz CT molecular complexity index is 826. The molecule has 1 aliphatic rings. The van der Waals surface area contributed by atoms with Crippen molar-refractivity contribution in [3.8, 4) is 0 Å². The second kappa shape index (κ2) is 5.97. The summed E-state index contributed by atoms with van der Waals surface area (Å²) in [6.07, 6.45) is 0. The number of carbonyl (C=O) groups is 1. The maximum atomic E-state index is 12.3. The number of nitrogens with zero attached hydrogens (tertiary/aromatic N) is 2. The van der Waals surface area contributed by atoms with Crippen LogP contribution >= 0.6 is 0 Å². The Hall–Kier alpha value is -2.87. The first-order chi connectivity index (χ1) is 11.4. The Morgan fingerprint density at radius 3 is 2.58 bits per heavy atom. The first-order valence-electron chi connectivity index (χ1n) is 7.48. The largest absolute Gasteiger partial charge is 0.462 e. The van der Waals surface area contributed by atoms with Crippen molar-refractivity contribution in [2.75, 3.05) is 5.32 Å². The maximum absolute atomic E-state index is 12.3. The molecule has 1 heterocycles. The number of anilines is 1. The Morgan fingerprint density at radius 1 is 1.29 bits per heavy atom. The average molecular weight is 325 g/mol. The minimum atomic E-state index is -1.38. The number of aryl methyl sites for hydroxylation is 1. The normalized spacial score (nSPS) is 13.5. The van der Waals surface area contributed by atoms with Gasteiger partial charge in [-0.15, -0.1) is 0 Å². The van der Waals surface area contributed by atoms with Crippen LogP contribution in [0.3, 0.4) is 0 Å². The van der Waals surface area contributed by atoms with Gasteiger partial charge in [0, 0.05) is 17.8 Å². The van der Waals surface area contributed by atoms with Gasteiger partial charge in [-0.3, -0.25) is 10.1 Å². The van der Waals surface area contributed by atoms with Crippen LogP contribution in [0, 0.1) is 24.0 Å². The molecule has 0 spiro atoms. The molecule has 122 valence electrons. The number of nitro groups is 1. The van der Waals surface area contributed by atoms with Gasteiger partial charge in [0.05, 0.1) is 10.4 Å². The summed E-state index contributed by atoms with van der Waals surface area (Å²) in [4.78, 5) is 24.5. The van der Waals surface area contributed by atoms with E-state index in [0.29, 0.717) is 11.1 Å². The first kappa shape index (κ1) is 16.0. The van der Waals surface area contributed by atoms with E-state index in [1.807, 2.05) is 30.3 Å². The number of hydrogen-bond donors (Lipinski definition) is 2. The predicted molar refractivity (Wildman–Crippen MR) is 91.2 cm³/mol. The Labute approximate surface area is 139 Å². The minimum absolute atomic E-state index is 0.124. The fourth-order valence-corrected chi connectivity index (χ4v) is 2.91. The molecule has 0 fully saturated rings. The van der Waals surface area contributed by atoms with Gasteiger partial charge in [0.2, 0.25) is 0 Å². The van der Waals surface area contributed by atoms with Crippen molar-refractivity contribution in [1.29, 1.82) is 0 Å². The van der Waals surface area contributed by atoms with Crippen molar-refractivity contribution in [2.24, 2.45) is 0 Å². The molecule has 3 rings (SSSR count). The number of carbonyl (C=O) groups excluding carboxylic acids is 1. The van der Waals surface area contributed by atoms with Gasteiger partial charge < -0.3 is 15.2 Å². The summed E-state index contributed by atoms with van der Waals surface area (Å²) in [6.45, 7) is 3.52.